The van der Waals surface area contributed by atoms with E-state index in [0.29, 0.717) is 4.68 Å². The molecular weight excluding hydrogens is 345 g/mol. The van der Waals surface area contributed by atoms with Crippen LogP contribution < -0.4 is 5.73 Å². The summed E-state index contributed by atoms with van der Waals surface area (Å²) in [6.45, 7) is 0. The van der Waals surface area contributed by atoms with Crippen molar-refractivity contribution in [2.45, 2.75) is 6.18 Å². The molecule has 0 fully saturated rings. The molecule has 9 nitrogen and oxygen atoms in total. The molecule has 0 bridgehead atoms. The Labute approximate surface area is 137 Å². The van der Waals surface area contributed by atoms with E-state index in [-0.39, 0.29) is 17.4 Å². The summed E-state index contributed by atoms with van der Waals surface area (Å²) in [5.74, 6) is -2.18. The van der Waals surface area contributed by atoms with Crippen LogP contribution in [-0.4, -0.2) is 37.8 Å². The summed E-state index contributed by atoms with van der Waals surface area (Å²) in [5.41, 5.74) is 4.21. The van der Waals surface area contributed by atoms with E-state index >= 15 is 0 Å². The lowest BCUT2D eigenvalue weighted by atomic mass is 10.2. The Morgan fingerprint density at radius 2 is 2.08 bits per heavy atom. The fourth-order valence-corrected chi connectivity index (χ4v) is 1.87. The second-order valence-electron chi connectivity index (χ2n) is 4.61. The summed E-state index contributed by atoms with van der Waals surface area (Å²) >= 11 is 0. The van der Waals surface area contributed by atoms with Gasteiger partial charge in [-0.1, -0.05) is 0 Å². The fourth-order valence-electron chi connectivity index (χ4n) is 1.87. The third-order valence-corrected chi connectivity index (χ3v) is 2.97. The number of carbonyl (C=O) groups is 1. The van der Waals surface area contributed by atoms with E-state index in [1.807, 2.05) is 0 Å². The molecule has 25 heavy (non-hydrogen) atoms. The van der Waals surface area contributed by atoms with Crippen LogP contribution in [0.2, 0.25) is 0 Å². The van der Waals surface area contributed by atoms with Crippen LogP contribution in [-0.2, 0) is 10.9 Å². The SMILES string of the molecule is COC(=O)c1nc(N)n(-c2nc(-c3ccco3)cc(C(F)(F)F)n2)n1. The van der Waals surface area contributed by atoms with E-state index < -0.39 is 29.6 Å². The molecule has 3 aromatic rings. The first kappa shape index (κ1) is 16.4. The molecule has 0 spiro atoms. The first-order chi connectivity index (χ1) is 11.8. The maximum atomic E-state index is 13.1. The van der Waals surface area contributed by atoms with Gasteiger partial charge in [0.1, 0.15) is 5.69 Å². The van der Waals surface area contributed by atoms with E-state index in [0.717, 1.165) is 13.2 Å². The number of alkyl halides is 3. The van der Waals surface area contributed by atoms with E-state index in [9.17, 15) is 18.0 Å². The zero-order valence-corrected chi connectivity index (χ0v) is 12.5. The van der Waals surface area contributed by atoms with Crippen LogP contribution in [0.4, 0.5) is 19.1 Å². The average molecular weight is 354 g/mol. The summed E-state index contributed by atoms with van der Waals surface area (Å²) in [7, 11) is 1.09. The predicted octanol–water partition coefficient (Wildman–Crippen LogP) is 1.70. The van der Waals surface area contributed by atoms with Crippen LogP contribution in [0.1, 0.15) is 16.3 Å². The molecule has 3 rings (SSSR count). The monoisotopic (exact) mass is 354 g/mol. The molecule has 0 aromatic carbocycles. The number of nitrogens with zero attached hydrogens (tertiary/aromatic N) is 5. The molecule has 3 heterocycles. The van der Waals surface area contributed by atoms with Crippen molar-refractivity contribution in [2.24, 2.45) is 0 Å². The van der Waals surface area contributed by atoms with Gasteiger partial charge < -0.3 is 14.9 Å². The van der Waals surface area contributed by atoms with Crippen molar-refractivity contribution in [1.82, 2.24) is 24.7 Å². The summed E-state index contributed by atoms with van der Waals surface area (Å²) < 4.78 is 49.6. The van der Waals surface area contributed by atoms with Crippen LogP contribution in [0.25, 0.3) is 17.4 Å². The molecule has 0 saturated carbocycles. The van der Waals surface area contributed by atoms with Crippen LogP contribution in [0, 0.1) is 0 Å². The molecule has 0 aliphatic heterocycles. The number of esters is 1. The molecule has 0 radical (unpaired) electrons. The van der Waals surface area contributed by atoms with E-state index in [1.54, 1.807) is 0 Å². The van der Waals surface area contributed by atoms with Gasteiger partial charge in [0.05, 0.1) is 13.4 Å². The second kappa shape index (κ2) is 5.89. The minimum atomic E-state index is -4.75. The topological polar surface area (TPSA) is 122 Å². The quantitative estimate of drug-likeness (QED) is 0.705. The Morgan fingerprint density at radius 1 is 1.32 bits per heavy atom. The summed E-state index contributed by atoms with van der Waals surface area (Å²) in [5, 5.41) is 3.68. The number of methoxy groups -OCH3 is 1. The molecule has 2 N–H and O–H groups in total. The molecule has 0 atom stereocenters. The number of ether oxygens (including phenoxy) is 1. The van der Waals surface area contributed by atoms with Gasteiger partial charge in [0.15, 0.2) is 11.5 Å². The van der Waals surface area contributed by atoms with Crippen molar-refractivity contribution in [3.05, 3.63) is 36.0 Å². The standard InChI is InChI=1S/C13H9F3N6O3/c1-24-10(23)9-20-11(17)22(21-9)12-18-6(7-3-2-4-25-7)5-8(19-12)13(14,15)16/h2-5H,1H3,(H2,17,20,21). The smallest absolute Gasteiger partial charge is 0.433 e. The highest BCUT2D eigenvalue weighted by atomic mass is 19.4. The first-order valence-electron chi connectivity index (χ1n) is 6.61. The molecule has 130 valence electrons. The van der Waals surface area contributed by atoms with Gasteiger partial charge in [0, 0.05) is 0 Å². The maximum Gasteiger partial charge on any atom is 0.433 e. The molecule has 0 saturated heterocycles. The Morgan fingerprint density at radius 3 is 2.68 bits per heavy atom. The van der Waals surface area contributed by atoms with Gasteiger partial charge in [-0.25, -0.2) is 14.8 Å². The van der Waals surface area contributed by atoms with Gasteiger partial charge in [-0.15, -0.1) is 5.10 Å². The van der Waals surface area contributed by atoms with Gasteiger partial charge in [-0.2, -0.15) is 22.8 Å². The summed E-state index contributed by atoms with van der Waals surface area (Å²) in [6.07, 6.45) is -3.47. The number of nitrogen functional groups attached to an aromatic ring is 1. The maximum absolute atomic E-state index is 13.1. The third kappa shape index (κ3) is 3.13. The lowest BCUT2D eigenvalue weighted by Crippen LogP contribution is -2.15. The lowest BCUT2D eigenvalue weighted by Gasteiger charge is -2.09. The van der Waals surface area contributed by atoms with Crippen LogP contribution in [0.5, 0.6) is 0 Å². The molecule has 3 aromatic heterocycles. The lowest BCUT2D eigenvalue weighted by molar-refractivity contribution is -0.141. The molecule has 0 unspecified atom stereocenters. The summed E-state index contributed by atoms with van der Waals surface area (Å²) in [6, 6.07) is 3.64. The second-order valence-corrected chi connectivity index (χ2v) is 4.61. The van der Waals surface area contributed by atoms with Crippen molar-refractivity contribution >= 4 is 11.9 Å². The number of furan rings is 1. The van der Waals surface area contributed by atoms with Crippen molar-refractivity contribution in [2.75, 3.05) is 12.8 Å². The van der Waals surface area contributed by atoms with E-state index in [2.05, 4.69) is 24.8 Å². The first-order valence-corrected chi connectivity index (χ1v) is 6.61. The highest BCUT2D eigenvalue weighted by molar-refractivity contribution is 5.85. The third-order valence-electron chi connectivity index (χ3n) is 2.97. The minimum absolute atomic E-state index is 0.0843. The molecular formula is C13H9F3N6O3. The zero-order valence-electron chi connectivity index (χ0n) is 12.5. The Bertz CT molecular complexity index is 920. The highest BCUT2D eigenvalue weighted by Crippen LogP contribution is 2.31. The number of hydrogen-bond donors (Lipinski definition) is 1. The van der Waals surface area contributed by atoms with Gasteiger partial charge >= 0.3 is 12.1 Å². The number of carbonyl (C=O) groups excluding carboxylic acids is 1. The van der Waals surface area contributed by atoms with Crippen molar-refractivity contribution in [1.29, 1.82) is 0 Å². The Kier molecular flexibility index (Phi) is 3.87. The highest BCUT2D eigenvalue weighted by Gasteiger charge is 2.34. The normalized spacial score (nSPS) is 11.5. The molecule has 0 aliphatic rings. The predicted molar refractivity (Wildman–Crippen MR) is 75.4 cm³/mol. The number of aromatic nitrogens is 5. The van der Waals surface area contributed by atoms with Gasteiger partial charge in [0.25, 0.3) is 11.8 Å². The number of anilines is 1. The largest absolute Gasteiger partial charge is 0.463 e. The molecule has 0 amide bonds. The summed E-state index contributed by atoms with van der Waals surface area (Å²) in [4.78, 5) is 22.4. The van der Waals surface area contributed by atoms with Crippen LogP contribution in [0.15, 0.2) is 28.9 Å². The van der Waals surface area contributed by atoms with Crippen molar-refractivity contribution < 1.29 is 27.1 Å². The van der Waals surface area contributed by atoms with Crippen molar-refractivity contribution in [3.8, 4) is 17.4 Å². The van der Waals surface area contributed by atoms with Crippen LogP contribution in [0.3, 0.4) is 0 Å². The number of nitrogens with two attached hydrogens (primary N) is 1. The van der Waals surface area contributed by atoms with Crippen molar-refractivity contribution in [3.63, 3.8) is 0 Å². The van der Waals surface area contributed by atoms with Gasteiger partial charge in [-0.05, 0) is 18.2 Å². The fraction of sp³-hybridized carbons (Fsp3) is 0.154. The molecule has 12 heteroatoms. The number of rotatable bonds is 3. The zero-order chi connectivity index (χ0) is 18.2. The average Bonchev–Trinajstić information content (AvgIpc) is 3.22. The van der Waals surface area contributed by atoms with Crippen LogP contribution >= 0.6 is 0 Å². The minimum Gasteiger partial charge on any atom is -0.463 e. The van der Waals surface area contributed by atoms with Gasteiger partial charge in [0.2, 0.25) is 5.95 Å². The number of halogens is 3. The Hall–Kier alpha value is -3.44. The molecule has 0 aliphatic carbocycles. The number of hydrogen-bond acceptors (Lipinski definition) is 8. The van der Waals surface area contributed by atoms with E-state index in [1.165, 1.54) is 18.4 Å². The van der Waals surface area contributed by atoms with Gasteiger partial charge in [-0.3, -0.25) is 0 Å². The Balaban J connectivity index is 2.17. The van der Waals surface area contributed by atoms with E-state index in [4.69, 9.17) is 10.2 Å².